The van der Waals surface area contributed by atoms with Crippen LogP contribution < -0.4 is 10.6 Å². The molecule has 0 atom stereocenters. The summed E-state index contributed by atoms with van der Waals surface area (Å²) in [5.41, 5.74) is 2.17. The lowest BCUT2D eigenvalue weighted by Crippen LogP contribution is -2.15. The van der Waals surface area contributed by atoms with E-state index in [1.165, 1.54) is 18.7 Å². The zero-order valence-electron chi connectivity index (χ0n) is 16.6. The predicted molar refractivity (Wildman–Crippen MR) is 125 cm³/mol. The van der Waals surface area contributed by atoms with E-state index in [0.29, 0.717) is 16.5 Å². The Labute approximate surface area is 187 Å². The molecule has 2 amide bonds. The van der Waals surface area contributed by atoms with Crippen LogP contribution >= 0.6 is 23.1 Å². The molecule has 0 aliphatic heterocycles. The van der Waals surface area contributed by atoms with E-state index in [1.807, 2.05) is 52.4 Å². The van der Waals surface area contributed by atoms with E-state index in [2.05, 4.69) is 20.8 Å². The second-order valence-electron chi connectivity index (χ2n) is 6.55. The number of thiophene rings is 1. The van der Waals surface area contributed by atoms with Gasteiger partial charge in [-0.05, 0) is 41.8 Å². The van der Waals surface area contributed by atoms with Crippen molar-refractivity contribution in [2.45, 2.75) is 12.1 Å². The van der Waals surface area contributed by atoms with Crippen molar-refractivity contribution < 1.29 is 9.59 Å². The molecule has 0 aliphatic rings. The van der Waals surface area contributed by atoms with Gasteiger partial charge < -0.3 is 10.6 Å². The van der Waals surface area contributed by atoms with Crippen LogP contribution in [0.1, 0.15) is 6.92 Å². The number of thioether (sulfide) groups is 1. The van der Waals surface area contributed by atoms with Gasteiger partial charge >= 0.3 is 0 Å². The number of amides is 2. The Hall–Kier alpha value is -3.43. The minimum atomic E-state index is -0.176. The molecule has 2 N–H and O–H groups in total. The molecule has 0 bridgehead atoms. The first kappa shape index (κ1) is 20.8. The Morgan fingerprint density at radius 3 is 2.45 bits per heavy atom. The number of hydrogen-bond acceptors (Lipinski definition) is 6. The summed E-state index contributed by atoms with van der Waals surface area (Å²) >= 11 is 2.90. The van der Waals surface area contributed by atoms with E-state index in [1.54, 1.807) is 35.6 Å². The second-order valence-corrected chi connectivity index (χ2v) is 8.44. The van der Waals surface area contributed by atoms with Crippen LogP contribution in [-0.4, -0.2) is 32.3 Å². The van der Waals surface area contributed by atoms with Gasteiger partial charge in [-0.3, -0.25) is 14.2 Å². The molecular formula is C22H19N5O2S2. The summed E-state index contributed by atoms with van der Waals surface area (Å²) < 4.78 is 1.96. The summed E-state index contributed by atoms with van der Waals surface area (Å²) in [6.07, 6.45) is 0. The van der Waals surface area contributed by atoms with Crippen molar-refractivity contribution in [2.24, 2.45) is 0 Å². The standard InChI is InChI=1S/C22H19N5O2S2/c1-15(28)23-16-7-5-8-17(13-16)24-20(29)14-31-22-26-25-21(19-11-6-12-30-19)27(22)18-9-3-2-4-10-18/h2-13H,14H2,1H3,(H,23,28)(H,24,29). The lowest BCUT2D eigenvalue weighted by Gasteiger charge is -2.10. The summed E-state index contributed by atoms with van der Waals surface area (Å²) in [5, 5.41) is 16.9. The quantitative estimate of drug-likeness (QED) is 0.400. The maximum Gasteiger partial charge on any atom is 0.234 e. The number of nitrogens with zero attached hydrogens (tertiary/aromatic N) is 3. The molecule has 156 valence electrons. The van der Waals surface area contributed by atoms with Gasteiger partial charge in [0.25, 0.3) is 0 Å². The number of rotatable bonds is 7. The smallest absolute Gasteiger partial charge is 0.234 e. The number of carbonyl (C=O) groups is 2. The Kier molecular flexibility index (Phi) is 6.44. The number of anilines is 2. The summed E-state index contributed by atoms with van der Waals surface area (Å²) in [4.78, 5) is 24.8. The van der Waals surface area contributed by atoms with Crippen LogP contribution in [-0.2, 0) is 9.59 Å². The highest BCUT2D eigenvalue weighted by Crippen LogP contribution is 2.30. The highest BCUT2D eigenvalue weighted by atomic mass is 32.2. The van der Waals surface area contributed by atoms with E-state index in [0.717, 1.165) is 16.4 Å². The third-order valence-electron chi connectivity index (χ3n) is 4.19. The predicted octanol–water partition coefficient (Wildman–Crippen LogP) is 4.69. The van der Waals surface area contributed by atoms with Crippen LogP contribution in [0.2, 0.25) is 0 Å². The van der Waals surface area contributed by atoms with Gasteiger partial charge in [0.2, 0.25) is 11.8 Å². The second kappa shape index (κ2) is 9.59. The molecule has 0 unspecified atom stereocenters. The minimum Gasteiger partial charge on any atom is -0.326 e. The Bertz CT molecular complexity index is 1190. The Balaban J connectivity index is 1.50. The van der Waals surface area contributed by atoms with Crippen molar-refractivity contribution in [3.05, 3.63) is 72.1 Å². The molecule has 2 heterocycles. The molecule has 7 nitrogen and oxygen atoms in total. The zero-order valence-corrected chi connectivity index (χ0v) is 18.2. The van der Waals surface area contributed by atoms with Crippen molar-refractivity contribution in [3.63, 3.8) is 0 Å². The van der Waals surface area contributed by atoms with Gasteiger partial charge in [-0.25, -0.2) is 0 Å². The first-order valence-corrected chi connectivity index (χ1v) is 11.3. The maximum atomic E-state index is 12.5. The molecule has 2 aromatic carbocycles. The van der Waals surface area contributed by atoms with Gasteiger partial charge in [0.05, 0.1) is 10.6 Å². The van der Waals surface area contributed by atoms with Gasteiger partial charge in [0.15, 0.2) is 11.0 Å². The number of para-hydroxylation sites is 1. The normalized spacial score (nSPS) is 10.6. The fourth-order valence-electron chi connectivity index (χ4n) is 2.94. The number of aromatic nitrogens is 3. The zero-order chi connectivity index (χ0) is 21.6. The molecule has 0 spiro atoms. The highest BCUT2D eigenvalue weighted by Gasteiger charge is 2.18. The molecule has 2 aromatic heterocycles. The molecule has 0 aliphatic carbocycles. The van der Waals surface area contributed by atoms with Crippen molar-refractivity contribution in [2.75, 3.05) is 16.4 Å². The average Bonchev–Trinajstić information content (AvgIpc) is 3.42. The molecule has 0 radical (unpaired) electrons. The molecule has 31 heavy (non-hydrogen) atoms. The van der Waals surface area contributed by atoms with Crippen LogP contribution in [0.15, 0.2) is 77.3 Å². The molecule has 4 rings (SSSR count). The summed E-state index contributed by atoms with van der Waals surface area (Å²) in [5.74, 6) is 0.568. The summed E-state index contributed by atoms with van der Waals surface area (Å²) in [6, 6.07) is 20.8. The largest absolute Gasteiger partial charge is 0.326 e. The molecule has 4 aromatic rings. The lowest BCUT2D eigenvalue weighted by molar-refractivity contribution is -0.114. The van der Waals surface area contributed by atoms with Gasteiger partial charge in [-0.2, -0.15) is 0 Å². The number of hydrogen-bond donors (Lipinski definition) is 2. The van der Waals surface area contributed by atoms with Crippen molar-refractivity contribution in [1.82, 2.24) is 14.8 Å². The Morgan fingerprint density at radius 1 is 0.968 bits per heavy atom. The Morgan fingerprint density at radius 2 is 1.74 bits per heavy atom. The van der Waals surface area contributed by atoms with Gasteiger partial charge in [0.1, 0.15) is 0 Å². The first-order valence-electron chi connectivity index (χ1n) is 9.45. The minimum absolute atomic E-state index is 0.166. The molecule has 0 saturated carbocycles. The number of carbonyl (C=O) groups excluding carboxylic acids is 2. The van der Waals surface area contributed by atoms with E-state index < -0.39 is 0 Å². The van der Waals surface area contributed by atoms with Crippen LogP contribution in [0.4, 0.5) is 11.4 Å². The average molecular weight is 450 g/mol. The van der Waals surface area contributed by atoms with Gasteiger partial charge in [0, 0.05) is 24.0 Å². The third kappa shape index (κ3) is 5.19. The maximum absolute atomic E-state index is 12.5. The van der Waals surface area contributed by atoms with E-state index in [9.17, 15) is 9.59 Å². The monoisotopic (exact) mass is 449 g/mol. The van der Waals surface area contributed by atoms with Crippen molar-refractivity contribution in [1.29, 1.82) is 0 Å². The van der Waals surface area contributed by atoms with E-state index >= 15 is 0 Å². The lowest BCUT2D eigenvalue weighted by atomic mass is 10.2. The molecule has 9 heteroatoms. The fourth-order valence-corrected chi connectivity index (χ4v) is 4.39. The topological polar surface area (TPSA) is 88.9 Å². The molecular weight excluding hydrogens is 430 g/mol. The summed E-state index contributed by atoms with van der Waals surface area (Å²) in [6.45, 7) is 1.44. The van der Waals surface area contributed by atoms with E-state index in [4.69, 9.17) is 0 Å². The van der Waals surface area contributed by atoms with Crippen molar-refractivity contribution >= 4 is 46.3 Å². The van der Waals surface area contributed by atoms with Gasteiger partial charge in [-0.15, -0.1) is 21.5 Å². The van der Waals surface area contributed by atoms with Crippen LogP contribution in [0.5, 0.6) is 0 Å². The van der Waals surface area contributed by atoms with Crippen LogP contribution in [0.25, 0.3) is 16.4 Å². The SMILES string of the molecule is CC(=O)Nc1cccc(NC(=O)CSc2nnc(-c3cccs3)n2-c2ccccc2)c1. The third-order valence-corrected chi connectivity index (χ3v) is 5.98. The van der Waals surface area contributed by atoms with Gasteiger partial charge in [-0.1, -0.05) is 42.1 Å². The summed E-state index contributed by atoms with van der Waals surface area (Å²) in [7, 11) is 0. The van der Waals surface area contributed by atoms with Crippen LogP contribution in [0.3, 0.4) is 0 Å². The van der Waals surface area contributed by atoms with Crippen molar-refractivity contribution in [3.8, 4) is 16.4 Å². The number of nitrogens with one attached hydrogen (secondary N) is 2. The van der Waals surface area contributed by atoms with E-state index in [-0.39, 0.29) is 17.6 Å². The highest BCUT2D eigenvalue weighted by molar-refractivity contribution is 7.99. The molecule has 0 fully saturated rings. The molecule has 0 saturated heterocycles. The van der Waals surface area contributed by atoms with Crippen LogP contribution in [0, 0.1) is 0 Å². The first-order chi connectivity index (χ1) is 15.1. The fraction of sp³-hybridized carbons (Fsp3) is 0.0909. The number of benzene rings is 2.